The standard InChI is InChI=1S/C26H28N2O2/c1-2-3-10-20-15-17-23(18-16-20)28-26(30)25(29)27-19-24(21-11-6-4-7-12-21)22-13-8-5-9-14-22/h4-9,11-18,24H,2-3,10,19H2,1H3,(H,27,29)(H,28,30). The molecule has 0 atom stereocenters. The van der Waals surface area contributed by atoms with Gasteiger partial charge >= 0.3 is 11.8 Å². The number of carbonyl (C=O) groups is 2. The summed E-state index contributed by atoms with van der Waals surface area (Å²) in [5, 5.41) is 5.47. The predicted molar refractivity (Wildman–Crippen MR) is 121 cm³/mol. The van der Waals surface area contributed by atoms with Crippen LogP contribution < -0.4 is 10.6 Å². The van der Waals surface area contributed by atoms with Crippen LogP contribution in [0.4, 0.5) is 5.69 Å². The molecule has 0 heterocycles. The maximum absolute atomic E-state index is 12.4. The SMILES string of the molecule is CCCCc1ccc(NC(=O)C(=O)NCC(c2ccccc2)c2ccccc2)cc1. The summed E-state index contributed by atoms with van der Waals surface area (Å²) in [5.41, 5.74) is 4.03. The maximum atomic E-state index is 12.4. The van der Waals surface area contributed by atoms with Crippen LogP contribution in [-0.4, -0.2) is 18.4 Å². The number of aryl methyl sites for hydroxylation is 1. The summed E-state index contributed by atoms with van der Waals surface area (Å²) in [4.78, 5) is 24.7. The first-order valence-corrected chi connectivity index (χ1v) is 10.5. The minimum atomic E-state index is -0.656. The van der Waals surface area contributed by atoms with Crippen molar-refractivity contribution in [2.75, 3.05) is 11.9 Å². The minimum absolute atomic E-state index is 0.0259. The number of anilines is 1. The lowest BCUT2D eigenvalue weighted by Gasteiger charge is -2.18. The summed E-state index contributed by atoms with van der Waals surface area (Å²) in [6, 6.07) is 27.6. The molecule has 154 valence electrons. The van der Waals surface area contributed by atoms with Gasteiger partial charge in [0.15, 0.2) is 0 Å². The quantitative estimate of drug-likeness (QED) is 0.528. The Hall–Kier alpha value is -3.40. The molecule has 0 aliphatic rings. The zero-order chi connectivity index (χ0) is 21.2. The number of carbonyl (C=O) groups excluding carboxylic acids is 2. The molecule has 0 saturated carbocycles. The van der Waals surface area contributed by atoms with Crippen molar-refractivity contribution in [2.24, 2.45) is 0 Å². The summed E-state index contributed by atoms with van der Waals surface area (Å²) in [7, 11) is 0. The van der Waals surface area contributed by atoms with Crippen LogP contribution >= 0.6 is 0 Å². The van der Waals surface area contributed by atoms with Crippen molar-refractivity contribution in [3.05, 3.63) is 102 Å². The van der Waals surface area contributed by atoms with Crippen LogP contribution in [0.2, 0.25) is 0 Å². The van der Waals surface area contributed by atoms with Crippen LogP contribution in [0.3, 0.4) is 0 Å². The fourth-order valence-electron chi connectivity index (χ4n) is 3.40. The molecular weight excluding hydrogens is 372 g/mol. The predicted octanol–water partition coefficient (Wildman–Crippen LogP) is 4.92. The van der Waals surface area contributed by atoms with Gasteiger partial charge in [-0.1, -0.05) is 86.1 Å². The lowest BCUT2D eigenvalue weighted by atomic mass is 9.91. The number of hydrogen-bond donors (Lipinski definition) is 2. The second-order valence-electron chi connectivity index (χ2n) is 7.34. The Kier molecular flexibility index (Phi) is 7.78. The van der Waals surface area contributed by atoms with Crippen LogP contribution in [0.1, 0.15) is 42.4 Å². The van der Waals surface area contributed by atoms with Gasteiger partial charge in [-0.15, -0.1) is 0 Å². The Morgan fingerprint density at radius 1 is 0.767 bits per heavy atom. The van der Waals surface area contributed by atoms with E-state index in [1.165, 1.54) is 5.56 Å². The molecular formula is C26H28N2O2. The fraction of sp³-hybridized carbons (Fsp3) is 0.231. The third-order valence-corrected chi connectivity index (χ3v) is 5.11. The van der Waals surface area contributed by atoms with Gasteiger partial charge in [-0.2, -0.15) is 0 Å². The number of rotatable bonds is 8. The molecule has 0 fully saturated rings. The van der Waals surface area contributed by atoms with E-state index in [1.54, 1.807) is 0 Å². The highest BCUT2D eigenvalue weighted by molar-refractivity contribution is 6.39. The Bertz CT molecular complexity index is 898. The van der Waals surface area contributed by atoms with Gasteiger partial charge in [0.05, 0.1) is 0 Å². The van der Waals surface area contributed by atoms with Crippen LogP contribution in [0.5, 0.6) is 0 Å². The number of amides is 2. The molecule has 0 unspecified atom stereocenters. The first kappa shape index (κ1) is 21.3. The maximum Gasteiger partial charge on any atom is 0.313 e. The van der Waals surface area contributed by atoms with Crippen molar-refractivity contribution in [2.45, 2.75) is 32.1 Å². The molecule has 0 aliphatic heterocycles. The van der Waals surface area contributed by atoms with Crippen molar-refractivity contribution in [3.63, 3.8) is 0 Å². The van der Waals surface area contributed by atoms with Crippen molar-refractivity contribution in [3.8, 4) is 0 Å². The van der Waals surface area contributed by atoms with Gasteiger partial charge in [0.2, 0.25) is 0 Å². The van der Waals surface area contributed by atoms with Gasteiger partial charge in [0.1, 0.15) is 0 Å². The Morgan fingerprint density at radius 3 is 1.87 bits per heavy atom. The molecule has 3 aromatic rings. The lowest BCUT2D eigenvalue weighted by molar-refractivity contribution is -0.136. The summed E-state index contributed by atoms with van der Waals surface area (Å²) >= 11 is 0. The number of unbranched alkanes of at least 4 members (excludes halogenated alkanes) is 1. The Balaban J connectivity index is 1.60. The molecule has 2 amide bonds. The van der Waals surface area contributed by atoms with Gasteiger partial charge < -0.3 is 10.6 Å². The van der Waals surface area contributed by atoms with E-state index < -0.39 is 11.8 Å². The van der Waals surface area contributed by atoms with E-state index in [9.17, 15) is 9.59 Å². The highest BCUT2D eigenvalue weighted by atomic mass is 16.2. The van der Waals surface area contributed by atoms with Gasteiger partial charge in [-0.3, -0.25) is 9.59 Å². The fourth-order valence-corrected chi connectivity index (χ4v) is 3.40. The average Bonchev–Trinajstić information content (AvgIpc) is 2.80. The van der Waals surface area contributed by atoms with Crippen LogP contribution in [-0.2, 0) is 16.0 Å². The Morgan fingerprint density at radius 2 is 1.33 bits per heavy atom. The molecule has 0 saturated heterocycles. The lowest BCUT2D eigenvalue weighted by Crippen LogP contribution is -2.37. The summed E-state index contributed by atoms with van der Waals surface area (Å²) < 4.78 is 0. The molecule has 4 heteroatoms. The van der Waals surface area contributed by atoms with E-state index in [1.807, 2.05) is 84.9 Å². The number of nitrogens with one attached hydrogen (secondary N) is 2. The molecule has 0 radical (unpaired) electrons. The van der Waals surface area contributed by atoms with Crippen molar-refractivity contribution >= 4 is 17.5 Å². The topological polar surface area (TPSA) is 58.2 Å². The first-order chi connectivity index (χ1) is 14.7. The van der Waals surface area contributed by atoms with Crippen LogP contribution in [0.25, 0.3) is 0 Å². The van der Waals surface area contributed by atoms with Crippen molar-refractivity contribution in [1.82, 2.24) is 5.32 Å². The Labute approximate surface area is 178 Å². The van der Waals surface area contributed by atoms with E-state index in [2.05, 4.69) is 17.6 Å². The van der Waals surface area contributed by atoms with Crippen molar-refractivity contribution in [1.29, 1.82) is 0 Å². The second kappa shape index (κ2) is 11.0. The summed E-state index contributed by atoms with van der Waals surface area (Å²) in [6.07, 6.45) is 3.30. The third-order valence-electron chi connectivity index (χ3n) is 5.11. The molecule has 2 N–H and O–H groups in total. The highest BCUT2D eigenvalue weighted by Crippen LogP contribution is 2.23. The molecule has 0 aliphatic carbocycles. The minimum Gasteiger partial charge on any atom is -0.347 e. The molecule has 30 heavy (non-hydrogen) atoms. The molecule has 0 bridgehead atoms. The van der Waals surface area contributed by atoms with Crippen LogP contribution in [0, 0.1) is 0 Å². The monoisotopic (exact) mass is 400 g/mol. The zero-order valence-corrected chi connectivity index (χ0v) is 17.3. The smallest absolute Gasteiger partial charge is 0.313 e. The summed E-state index contributed by atoms with van der Waals surface area (Å²) in [6.45, 7) is 2.50. The molecule has 0 aromatic heterocycles. The van der Waals surface area contributed by atoms with E-state index >= 15 is 0 Å². The molecule has 4 nitrogen and oxygen atoms in total. The van der Waals surface area contributed by atoms with Crippen LogP contribution in [0.15, 0.2) is 84.9 Å². The van der Waals surface area contributed by atoms with Gasteiger partial charge in [0, 0.05) is 18.2 Å². The van der Waals surface area contributed by atoms with Crippen molar-refractivity contribution < 1.29 is 9.59 Å². The first-order valence-electron chi connectivity index (χ1n) is 10.5. The van der Waals surface area contributed by atoms with E-state index in [4.69, 9.17) is 0 Å². The van der Waals surface area contributed by atoms with Gasteiger partial charge in [-0.25, -0.2) is 0 Å². The summed E-state index contributed by atoms with van der Waals surface area (Å²) in [5.74, 6) is -1.32. The highest BCUT2D eigenvalue weighted by Gasteiger charge is 2.18. The van der Waals surface area contributed by atoms with E-state index in [0.717, 1.165) is 30.4 Å². The molecule has 3 aromatic carbocycles. The average molecular weight is 401 g/mol. The second-order valence-corrected chi connectivity index (χ2v) is 7.34. The number of hydrogen-bond acceptors (Lipinski definition) is 2. The van der Waals surface area contributed by atoms with Gasteiger partial charge in [0.25, 0.3) is 0 Å². The van der Waals surface area contributed by atoms with Gasteiger partial charge in [-0.05, 0) is 41.7 Å². The van der Waals surface area contributed by atoms with E-state index in [-0.39, 0.29) is 5.92 Å². The third kappa shape index (κ3) is 6.05. The molecule has 0 spiro atoms. The largest absolute Gasteiger partial charge is 0.347 e. The molecule has 3 rings (SSSR count). The number of benzene rings is 3. The van der Waals surface area contributed by atoms with E-state index in [0.29, 0.717) is 12.2 Å². The zero-order valence-electron chi connectivity index (χ0n) is 17.3. The normalized spacial score (nSPS) is 10.6.